The van der Waals surface area contributed by atoms with Crippen molar-refractivity contribution in [2.75, 3.05) is 12.4 Å². The zero-order valence-electron chi connectivity index (χ0n) is 15.2. The molecular formula is C20H20ClN3O3. The topological polar surface area (TPSA) is 70.7 Å². The minimum absolute atomic E-state index is 0.254. The van der Waals surface area contributed by atoms with Gasteiger partial charge >= 0.3 is 0 Å². The molecule has 0 aliphatic carbocycles. The van der Waals surface area contributed by atoms with Gasteiger partial charge in [0, 0.05) is 36.6 Å². The van der Waals surface area contributed by atoms with Gasteiger partial charge in [0.2, 0.25) is 5.91 Å². The number of halogens is 1. The minimum Gasteiger partial charge on any atom is -0.496 e. The number of nitrogens with zero attached hydrogens (tertiary/aromatic N) is 1. The molecular weight excluding hydrogens is 366 g/mol. The van der Waals surface area contributed by atoms with E-state index in [1.807, 2.05) is 30.5 Å². The van der Waals surface area contributed by atoms with Gasteiger partial charge in [-0.15, -0.1) is 0 Å². The maximum Gasteiger partial charge on any atom is 0.259 e. The highest BCUT2D eigenvalue weighted by molar-refractivity contribution is 6.34. The molecule has 1 atom stereocenters. The zero-order valence-corrected chi connectivity index (χ0v) is 16.0. The van der Waals surface area contributed by atoms with E-state index in [0.29, 0.717) is 17.1 Å². The molecule has 6 nitrogen and oxygen atoms in total. The van der Waals surface area contributed by atoms with Crippen LogP contribution in [0.3, 0.4) is 0 Å². The van der Waals surface area contributed by atoms with Gasteiger partial charge in [-0.25, -0.2) is 0 Å². The summed E-state index contributed by atoms with van der Waals surface area (Å²) in [5.41, 5.74) is 2.32. The Morgan fingerprint density at radius 1 is 1.26 bits per heavy atom. The lowest BCUT2D eigenvalue weighted by atomic mass is 10.1. The Hall–Kier alpha value is -2.99. The van der Waals surface area contributed by atoms with Crippen LogP contribution in [-0.2, 0) is 4.79 Å². The number of methoxy groups -OCH3 is 1. The molecule has 0 spiro atoms. The van der Waals surface area contributed by atoms with Crippen molar-refractivity contribution in [3.8, 4) is 5.75 Å². The second kappa shape index (κ2) is 7.72. The van der Waals surface area contributed by atoms with Crippen LogP contribution in [0, 0.1) is 0 Å². The van der Waals surface area contributed by atoms with Crippen molar-refractivity contribution >= 4 is 29.1 Å². The van der Waals surface area contributed by atoms with E-state index in [1.165, 1.54) is 26.2 Å². The maximum atomic E-state index is 12.7. The second-order valence-corrected chi connectivity index (χ2v) is 6.61. The van der Waals surface area contributed by atoms with Gasteiger partial charge < -0.3 is 20.3 Å². The first-order chi connectivity index (χ1) is 12.9. The molecule has 0 saturated carbocycles. The van der Waals surface area contributed by atoms with Crippen molar-refractivity contribution in [1.82, 2.24) is 10.2 Å². The number of carbonyl (C=O) groups excluding carboxylic acids is 2. The molecule has 1 unspecified atom stereocenters. The summed E-state index contributed by atoms with van der Waals surface area (Å²) in [6.07, 6.45) is 11.7. The number of allylic oxidation sites excluding steroid dienone is 4. The third-order valence-electron chi connectivity index (χ3n) is 4.21. The Balaban J connectivity index is 1.83. The fourth-order valence-corrected chi connectivity index (χ4v) is 3.11. The summed E-state index contributed by atoms with van der Waals surface area (Å²) in [4.78, 5) is 26.1. The molecule has 2 heterocycles. The number of hydrogen-bond donors (Lipinski definition) is 2. The lowest BCUT2D eigenvalue weighted by Gasteiger charge is -2.31. The van der Waals surface area contributed by atoms with E-state index < -0.39 is 0 Å². The Kier molecular flexibility index (Phi) is 5.37. The summed E-state index contributed by atoms with van der Waals surface area (Å²) in [7, 11) is 1.45. The van der Waals surface area contributed by atoms with Crippen LogP contribution in [0.2, 0.25) is 5.02 Å². The standard InChI is InChI=1S/C20H20ClN3O3/c1-12-5-4-6-15-9-14(7-8-24(12)15)23-20(26)16-10-17(21)18(22-13(2)25)11-19(16)27-3/h4-12H,1-3H3,(H,22,25)(H,23,26). The molecule has 0 fully saturated rings. The smallest absolute Gasteiger partial charge is 0.259 e. The Morgan fingerprint density at radius 3 is 2.74 bits per heavy atom. The quantitative estimate of drug-likeness (QED) is 0.830. The van der Waals surface area contributed by atoms with Gasteiger partial charge in [0.1, 0.15) is 5.75 Å². The summed E-state index contributed by atoms with van der Waals surface area (Å²) >= 11 is 6.19. The van der Waals surface area contributed by atoms with Crippen molar-refractivity contribution < 1.29 is 14.3 Å². The van der Waals surface area contributed by atoms with Gasteiger partial charge in [-0.2, -0.15) is 0 Å². The Bertz CT molecular complexity index is 915. The zero-order chi connectivity index (χ0) is 19.6. The first-order valence-corrected chi connectivity index (χ1v) is 8.80. The molecule has 0 bridgehead atoms. The van der Waals surface area contributed by atoms with Crippen molar-refractivity contribution in [1.29, 1.82) is 0 Å². The number of nitrogens with one attached hydrogen (secondary N) is 2. The average Bonchev–Trinajstić information content (AvgIpc) is 2.62. The van der Waals surface area contributed by atoms with Crippen LogP contribution in [0.15, 0.2) is 60.1 Å². The molecule has 0 radical (unpaired) electrons. The van der Waals surface area contributed by atoms with Crippen LogP contribution in [0.5, 0.6) is 5.75 Å². The summed E-state index contributed by atoms with van der Waals surface area (Å²) in [6.45, 7) is 3.47. The number of hydrogen-bond acceptors (Lipinski definition) is 4. The molecule has 0 aromatic heterocycles. The fraction of sp³-hybridized carbons (Fsp3) is 0.200. The summed E-state index contributed by atoms with van der Waals surface area (Å²) in [5.74, 6) is -0.300. The normalized spacial score (nSPS) is 17.6. The van der Waals surface area contributed by atoms with Crippen LogP contribution in [-0.4, -0.2) is 29.9 Å². The third-order valence-corrected chi connectivity index (χ3v) is 4.53. The van der Waals surface area contributed by atoms with Gasteiger partial charge in [-0.05, 0) is 31.2 Å². The Labute approximate surface area is 162 Å². The lowest BCUT2D eigenvalue weighted by molar-refractivity contribution is -0.114. The van der Waals surface area contributed by atoms with Crippen LogP contribution in [0.25, 0.3) is 0 Å². The van der Waals surface area contributed by atoms with Crippen LogP contribution in [0.1, 0.15) is 24.2 Å². The lowest BCUT2D eigenvalue weighted by Crippen LogP contribution is -2.31. The Morgan fingerprint density at radius 2 is 2.04 bits per heavy atom. The predicted molar refractivity (Wildman–Crippen MR) is 106 cm³/mol. The third kappa shape index (κ3) is 4.06. The van der Waals surface area contributed by atoms with Crippen LogP contribution in [0.4, 0.5) is 5.69 Å². The van der Waals surface area contributed by atoms with Crippen LogP contribution < -0.4 is 15.4 Å². The van der Waals surface area contributed by atoms with Gasteiger partial charge in [-0.1, -0.05) is 23.8 Å². The highest BCUT2D eigenvalue weighted by Crippen LogP contribution is 2.31. The molecule has 2 aliphatic rings. The summed E-state index contributed by atoms with van der Waals surface area (Å²) in [5, 5.41) is 5.72. The van der Waals surface area contributed by atoms with E-state index >= 15 is 0 Å². The summed E-state index contributed by atoms with van der Waals surface area (Å²) in [6, 6.07) is 3.27. The second-order valence-electron chi connectivity index (χ2n) is 6.21. The number of amides is 2. The van der Waals surface area contributed by atoms with E-state index in [-0.39, 0.29) is 28.4 Å². The number of benzene rings is 1. The SMILES string of the molecule is COc1cc(NC(C)=O)c(Cl)cc1C(=O)NC1=CC2=CC=CC(C)N2C=C1. The molecule has 0 saturated heterocycles. The molecule has 1 aromatic rings. The van der Waals surface area contributed by atoms with Gasteiger partial charge in [0.15, 0.2) is 0 Å². The first kappa shape index (κ1) is 18.8. The van der Waals surface area contributed by atoms with Gasteiger partial charge in [0.05, 0.1) is 23.4 Å². The first-order valence-electron chi connectivity index (χ1n) is 8.42. The van der Waals surface area contributed by atoms with Crippen molar-refractivity contribution in [3.63, 3.8) is 0 Å². The molecule has 1 aromatic carbocycles. The monoisotopic (exact) mass is 385 g/mol. The summed E-state index contributed by atoms with van der Waals surface area (Å²) < 4.78 is 5.30. The molecule has 2 amide bonds. The van der Waals surface area contributed by atoms with Crippen molar-refractivity contribution in [2.45, 2.75) is 19.9 Å². The van der Waals surface area contributed by atoms with E-state index in [1.54, 1.807) is 0 Å². The number of anilines is 1. The van der Waals surface area contributed by atoms with Gasteiger partial charge in [0.25, 0.3) is 5.91 Å². The van der Waals surface area contributed by atoms with E-state index in [2.05, 4.69) is 28.5 Å². The largest absolute Gasteiger partial charge is 0.496 e. The molecule has 7 heteroatoms. The van der Waals surface area contributed by atoms with Crippen molar-refractivity contribution in [3.05, 3.63) is 70.7 Å². The number of rotatable bonds is 4. The maximum absolute atomic E-state index is 12.7. The van der Waals surface area contributed by atoms with Gasteiger partial charge in [-0.3, -0.25) is 9.59 Å². The number of carbonyl (C=O) groups is 2. The van der Waals surface area contributed by atoms with E-state index in [4.69, 9.17) is 16.3 Å². The highest BCUT2D eigenvalue weighted by Gasteiger charge is 2.20. The average molecular weight is 386 g/mol. The predicted octanol–water partition coefficient (Wildman–Crippen LogP) is 3.59. The van der Waals surface area contributed by atoms with E-state index in [0.717, 1.165) is 5.70 Å². The molecule has 3 rings (SSSR count). The van der Waals surface area contributed by atoms with Crippen molar-refractivity contribution in [2.24, 2.45) is 0 Å². The van der Waals surface area contributed by atoms with Crippen LogP contribution >= 0.6 is 11.6 Å². The fourth-order valence-electron chi connectivity index (χ4n) is 2.90. The number of ether oxygens (including phenoxy) is 1. The molecule has 140 valence electrons. The molecule has 27 heavy (non-hydrogen) atoms. The molecule has 2 aliphatic heterocycles. The molecule has 2 N–H and O–H groups in total. The minimum atomic E-state index is -0.354. The van der Waals surface area contributed by atoms with E-state index in [9.17, 15) is 9.59 Å². The number of fused-ring (bicyclic) bond motifs is 1. The highest BCUT2D eigenvalue weighted by atomic mass is 35.5.